The molecule has 0 radical (unpaired) electrons. The van der Waals surface area contributed by atoms with Crippen LogP contribution in [-0.2, 0) is 6.42 Å². The molecule has 260 valence electrons. The fourth-order valence-corrected chi connectivity index (χ4v) is 7.45. The molecule has 0 fully saturated rings. The van der Waals surface area contributed by atoms with Gasteiger partial charge < -0.3 is 5.73 Å². The van der Waals surface area contributed by atoms with E-state index in [9.17, 15) is 17.6 Å². The van der Waals surface area contributed by atoms with Crippen molar-refractivity contribution >= 4 is 55.0 Å². The highest BCUT2D eigenvalue weighted by Crippen LogP contribution is 2.43. The predicted octanol–water partition coefficient (Wildman–Crippen LogP) is 13.1. The Balaban J connectivity index is 1.30. The van der Waals surface area contributed by atoms with Gasteiger partial charge in [-0.05, 0) is 110 Å². The first-order valence-electron chi connectivity index (χ1n) is 17.5. The van der Waals surface area contributed by atoms with Crippen molar-refractivity contribution in [3.8, 4) is 33.5 Å². The van der Waals surface area contributed by atoms with E-state index in [1.807, 2.05) is 84.9 Å². The lowest BCUT2D eigenvalue weighted by Gasteiger charge is -2.18. The van der Waals surface area contributed by atoms with E-state index in [1.165, 1.54) is 24.3 Å². The third-order valence-corrected chi connectivity index (χ3v) is 10.0. The molecule has 0 bridgehead atoms. The summed E-state index contributed by atoms with van der Waals surface area (Å²) in [6, 6.07) is 42.7. The molecule has 54 heavy (non-hydrogen) atoms. The van der Waals surface area contributed by atoms with Crippen LogP contribution >= 0.6 is 0 Å². The summed E-state index contributed by atoms with van der Waals surface area (Å²) in [5, 5.41) is 6.22. The number of benzene rings is 8. The van der Waals surface area contributed by atoms with Crippen LogP contribution in [0.5, 0.6) is 0 Å². The summed E-state index contributed by atoms with van der Waals surface area (Å²) >= 11 is 0. The molecule has 0 aliphatic rings. The Labute approximate surface area is 308 Å². The maximum absolute atomic E-state index is 14.8. The molecule has 2 nitrogen and oxygen atoms in total. The van der Waals surface area contributed by atoms with Crippen LogP contribution in [0, 0.1) is 23.3 Å². The van der Waals surface area contributed by atoms with Crippen molar-refractivity contribution in [2.24, 2.45) is 0 Å². The summed E-state index contributed by atoms with van der Waals surface area (Å²) in [5.74, 6) is -2.87. The van der Waals surface area contributed by atoms with Crippen LogP contribution in [-0.4, -0.2) is 4.98 Å². The van der Waals surface area contributed by atoms with Crippen molar-refractivity contribution in [2.45, 2.75) is 6.42 Å². The molecule has 0 atom stereocenters. The number of nitrogen functional groups attached to an aromatic ring is 1. The quantitative estimate of drug-likeness (QED) is 0.106. The van der Waals surface area contributed by atoms with Gasteiger partial charge in [-0.2, -0.15) is 0 Å². The minimum absolute atomic E-state index is 0.307. The Hall–Kier alpha value is -6.79. The molecule has 8 aromatic carbocycles. The first kappa shape index (κ1) is 33.1. The molecule has 0 amide bonds. The Morgan fingerprint density at radius 2 is 1.06 bits per heavy atom. The Morgan fingerprint density at radius 1 is 0.481 bits per heavy atom. The monoisotopic (exact) mass is 710 g/mol. The number of pyridine rings is 1. The average molecular weight is 711 g/mol. The Bertz CT molecular complexity index is 2950. The SMILES string of the molecule is Nc1c(/C=C\Cc2ccc3ccccc3c2)c(-c2cc(F)cc(F)c2)cc2c1cc(-c1cc(F)cc(F)c1)c1ccc(-c3ccc4ccccc4c3)nc12. The fraction of sp³-hybridized carbons (Fsp3) is 0.0208. The smallest absolute Gasteiger partial charge is 0.126 e. The second-order valence-corrected chi connectivity index (χ2v) is 13.5. The summed E-state index contributed by atoms with van der Waals surface area (Å²) in [5.41, 5.74) is 12.8. The van der Waals surface area contributed by atoms with Crippen molar-refractivity contribution in [1.29, 1.82) is 0 Å². The zero-order chi connectivity index (χ0) is 36.9. The first-order chi connectivity index (χ1) is 26.3. The van der Waals surface area contributed by atoms with E-state index in [2.05, 4.69) is 36.4 Å². The van der Waals surface area contributed by atoms with Gasteiger partial charge in [0.1, 0.15) is 23.3 Å². The van der Waals surface area contributed by atoms with Gasteiger partial charge >= 0.3 is 0 Å². The number of hydrogen-bond donors (Lipinski definition) is 1. The molecule has 0 saturated heterocycles. The summed E-state index contributed by atoms with van der Waals surface area (Å²) in [6.07, 6.45) is 4.41. The van der Waals surface area contributed by atoms with Crippen LogP contribution < -0.4 is 5.73 Å². The van der Waals surface area contributed by atoms with Gasteiger partial charge in [-0.25, -0.2) is 22.5 Å². The molecule has 1 heterocycles. The van der Waals surface area contributed by atoms with Gasteiger partial charge in [-0.3, -0.25) is 0 Å². The molecule has 6 heteroatoms. The highest BCUT2D eigenvalue weighted by atomic mass is 19.1. The van der Waals surface area contributed by atoms with Crippen LogP contribution in [0.3, 0.4) is 0 Å². The number of hydrogen-bond acceptors (Lipinski definition) is 2. The summed E-state index contributed by atoms with van der Waals surface area (Å²) in [4.78, 5) is 5.17. The number of fused-ring (bicyclic) bond motifs is 5. The second kappa shape index (κ2) is 13.3. The van der Waals surface area contributed by atoms with E-state index < -0.39 is 23.3 Å². The van der Waals surface area contributed by atoms with Gasteiger partial charge in [0.2, 0.25) is 0 Å². The minimum atomic E-state index is -0.722. The van der Waals surface area contributed by atoms with Crippen molar-refractivity contribution in [1.82, 2.24) is 4.98 Å². The standard InChI is InChI=1S/C48H30F4N2/c49-36-20-34(21-37(50)24-36)42-27-45-44(47(53)40(42)11-5-6-28-12-13-29-7-1-3-9-31(29)18-28)26-43(35-22-38(51)25-39(52)23-35)41-16-17-46(54-48(41)45)33-15-14-30-8-2-4-10-32(30)19-33/h1-5,7-27H,6,53H2/b11-5-. The van der Waals surface area contributed by atoms with Crippen LogP contribution in [0.25, 0.3) is 82.8 Å². The normalized spacial score (nSPS) is 11.8. The van der Waals surface area contributed by atoms with Gasteiger partial charge in [0.05, 0.1) is 11.2 Å². The maximum atomic E-state index is 14.8. The molecule has 0 unspecified atom stereocenters. The molecule has 0 saturated carbocycles. The average Bonchev–Trinajstić information content (AvgIpc) is 3.17. The molecule has 9 aromatic rings. The van der Waals surface area contributed by atoms with Crippen molar-refractivity contribution < 1.29 is 17.6 Å². The molecular formula is C48H30F4N2. The first-order valence-corrected chi connectivity index (χ1v) is 17.5. The highest BCUT2D eigenvalue weighted by molar-refractivity contribution is 6.18. The third kappa shape index (κ3) is 6.11. The van der Waals surface area contributed by atoms with Crippen LogP contribution in [0.1, 0.15) is 11.1 Å². The summed E-state index contributed by atoms with van der Waals surface area (Å²) in [6.45, 7) is 0. The van der Waals surface area contributed by atoms with Gasteiger partial charge in [0, 0.05) is 45.1 Å². The number of halogens is 4. The zero-order valence-corrected chi connectivity index (χ0v) is 28.8. The Morgan fingerprint density at radius 3 is 1.72 bits per heavy atom. The van der Waals surface area contributed by atoms with E-state index in [1.54, 1.807) is 0 Å². The fourth-order valence-electron chi connectivity index (χ4n) is 7.45. The van der Waals surface area contributed by atoms with Crippen LogP contribution in [0.4, 0.5) is 23.2 Å². The highest BCUT2D eigenvalue weighted by Gasteiger charge is 2.19. The summed E-state index contributed by atoms with van der Waals surface area (Å²) in [7, 11) is 0. The van der Waals surface area contributed by atoms with E-state index in [0.717, 1.165) is 44.8 Å². The number of anilines is 1. The lowest BCUT2D eigenvalue weighted by molar-refractivity contribution is 0.583. The number of allylic oxidation sites excluding steroid dienone is 1. The second-order valence-electron chi connectivity index (χ2n) is 13.5. The third-order valence-electron chi connectivity index (χ3n) is 10.0. The molecule has 0 aliphatic carbocycles. The van der Waals surface area contributed by atoms with Gasteiger partial charge in [0.15, 0.2) is 0 Å². The number of rotatable bonds is 6. The summed E-state index contributed by atoms with van der Waals surface area (Å²) < 4.78 is 59.0. The largest absolute Gasteiger partial charge is 0.398 e. The molecule has 2 N–H and O–H groups in total. The number of nitrogens with zero attached hydrogens (tertiary/aromatic N) is 1. The van der Waals surface area contributed by atoms with Gasteiger partial charge in [0.25, 0.3) is 0 Å². The van der Waals surface area contributed by atoms with E-state index in [4.69, 9.17) is 10.7 Å². The van der Waals surface area contributed by atoms with Crippen molar-refractivity contribution in [3.05, 3.63) is 186 Å². The maximum Gasteiger partial charge on any atom is 0.126 e. The molecule has 9 rings (SSSR count). The van der Waals surface area contributed by atoms with E-state index >= 15 is 0 Å². The van der Waals surface area contributed by atoms with Gasteiger partial charge in [-0.1, -0.05) is 91.0 Å². The molecule has 1 aromatic heterocycles. The lowest BCUT2D eigenvalue weighted by atomic mass is 9.89. The van der Waals surface area contributed by atoms with Crippen molar-refractivity contribution in [2.75, 3.05) is 5.73 Å². The van der Waals surface area contributed by atoms with Crippen molar-refractivity contribution in [3.63, 3.8) is 0 Å². The molecule has 0 aliphatic heterocycles. The van der Waals surface area contributed by atoms with Crippen LogP contribution in [0.2, 0.25) is 0 Å². The Kier molecular flexibility index (Phi) is 8.16. The predicted molar refractivity (Wildman–Crippen MR) is 214 cm³/mol. The minimum Gasteiger partial charge on any atom is -0.398 e. The number of aromatic nitrogens is 1. The van der Waals surface area contributed by atoms with E-state index in [-0.39, 0.29) is 0 Å². The molecular weight excluding hydrogens is 681 g/mol. The van der Waals surface area contributed by atoms with Crippen LogP contribution in [0.15, 0.2) is 152 Å². The lowest BCUT2D eigenvalue weighted by Crippen LogP contribution is -1.99. The van der Waals surface area contributed by atoms with E-state index in [0.29, 0.717) is 67.3 Å². The number of nitrogens with two attached hydrogens (primary N) is 1. The zero-order valence-electron chi connectivity index (χ0n) is 28.8. The topological polar surface area (TPSA) is 38.9 Å². The van der Waals surface area contributed by atoms with Gasteiger partial charge in [-0.15, -0.1) is 0 Å². The molecule has 0 spiro atoms.